The zero-order valence-electron chi connectivity index (χ0n) is 20.3. The number of nitrogens with zero attached hydrogens (tertiary/aromatic N) is 2. The number of amides is 3. The van der Waals surface area contributed by atoms with Crippen LogP contribution in [-0.4, -0.2) is 44.9 Å². The Kier molecular flexibility index (Phi) is 5.67. The molecule has 188 valence electrons. The number of urea groups is 1. The van der Waals surface area contributed by atoms with Gasteiger partial charge in [0.2, 0.25) is 0 Å². The Labute approximate surface area is 209 Å². The number of pyridine rings is 1. The maximum atomic E-state index is 13.0. The molecule has 0 aliphatic heterocycles. The summed E-state index contributed by atoms with van der Waals surface area (Å²) < 4.78 is 0. The molecule has 0 saturated heterocycles. The molecular formula is C27H32N6O3. The van der Waals surface area contributed by atoms with Gasteiger partial charge < -0.3 is 15.7 Å². The zero-order valence-corrected chi connectivity index (χ0v) is 20.3. The van der Waals surface area contributed by atoms with Gasteiger partial charge in [-0.2, -0.15) is 5.10 Å². The minimum atomic E-state index is -0.364. The molecule has 3 amide bonds. The number of aliphatic hydroxyl groups is 1. The Morgan fingerprint density at radius 1 is 1.17 bits per heavy atom. The number of carbonyl (C=O) groups is 2. The third-order valence-corrected chi connectivity index (χ3v) is 8.53. The fraction of sp³-hybridized carbons (Fsp3) is 0.481. The van der Waals surface area contributed by atoms with Gasteiger partial charge in [-0.15, -0.1) is 0 Å². The minimum absolute atomic E-state index is 0.0943. The number of rotatable bonds is 6. The minimum Gasteiger partial charge on any atom is -0.393 e. The molecule has 9 heteroatoms. The van der Waals surface area contributed by atoms with E-state index in [9.17, 15) is 14.7 Å². The first-order valence-electron chi connectivity index (χ1n) is 12.8. The van der Waals surface area contributed by atoms with Gasteiger partial charge in [-0.05, 0) is 67.8 Å². The zero-order chi connectivity index (χ0) is 24.9. The van der Waals surface area contributed by atoms with Crippen LogP contribution in [0.4, 0.5) is 10.6 Å². The monoisotopic (exact) mass is 488 g/mol. The first kappa shape index (κ1) is 23.0. The molecular weight excluding hydrogens is 456 g/mol. The molecule has 2 heterocycles. The highest BCUT2D eigenvalue weighted by atomic mass is 16.3. The molecule has 4 fully saturated rings. The average molecular weight is 489 g/mol. The highest BCUT2D eigenvalue weighted by Gasteiger charge is 2.54. The second kappa shape index (κ2) is 8.89. The second-order valence-corrected chi connectivity index (χ2v) is 11.1. The van der Waals surface area contributed by atoms with Crippen LogP contribution in [0.1, 0.15) is 61.1 Å². The first-order chi connectivity index (χ1) is 17.4. The molecule has 4 aliphatic rings. The number of hydrogen-bond acceptors (Lipinski definition) is 5. The number of carbonyl (C=O) groups excluding carboxylic acids is 2. The third kappa shape index (κ3) is 4.21. The number of anilines is 1. The number of H-pyrrole nitrogens is 1. The third-order valence-electron chi connectivity index (χ3n) is 8.53. The highest BCUT2D eigenvalue weighted by Crippen LogP contribution is 2.59. The standard InChI is InChI=1S/C27H32N6O3/c1-15(17-5-3-2-4-6-17)30-26(36)31-22-9-21-20(13-28-22)23(33-32-21)25(35)29-14-27-10-16-7-18(11-27)24(34)19(8-16)12-27/h2-6,9,13,15-16,18-19,24,34H,7-8,10-12,14H2,1H3,(H,29,35)(H,32,33)(H2,28,30,31,36)/t15-,16?,18?,19?,24?,27?/m1/s1. The Bertz CT molecular complexity index is 1280. The molecule has 4 bridgehead atoms. The summed E-state index contributed by atoms with van der Waals surface area (Å²) in [6.07, 6.45) is 6.76. The van der Waals surface area contributed by atoms with Crippen molar-refractivity contribution in [1.29, 1.82) is 0 Å². The van der Waals surface area contributed by atoms with Crippen molar-refractivity contribution in [2.45, 2.75) is 51.2 Å². The van der Waals surface area contributed by atoms with Crippen LogP contribution in [0.3, 0.4) is 0 Å². The van der Waals surface area contributed by atoms with Crippen molar-refractivity contribution in [2.75, 3.05) is 11.9 Å². The van der Waals surface area contributed by atoms with Crippen LogP contribution < -0.4 is 16.0 Å². The lowest BCUT2D eigenvalue weighted by Gasteiger charge is -2.58. The summed E-state index contributed by atoms with van der Waals surface area (Å²) in [5, 5.41) is 27.0. The van der Waals surface area contributed by atoms with Gasteiger partial charge in [0, 0.05) is 18.8 Å². The molecule has 7 rings (SSSR count). The van der Waals surface area contributed by atoms with Crippen molar-refractivity contribution in [3.8, 4) is 0 Å². The lowest BCUT2D eigenvalue weighted by atomic mass is 9.48. The van der Waals surface area contributed by atoms with E-state index in [4.69, 9.17) is 0 Å². The summed E-state index contributed by atoms with van der Waals surface area (Å²) in [7, 11) is 0. The fourth-order valence-electron chi connectivity index (χ4n) is 7.06. The van der Waals surface area contributed by atoms with E-state index in [1.54, 1.807) is 12.3 Å². The Morgan fingerprint density at radius 3 is 2.67 bits per heavy atom. The van der Waals surface area contributed by atoms with Gasteiger partial charge in [-0.3, -0.25) is 15.2 Å². The molecule has 4 aliphatic carbocycles. The summed E-state index contributed by atoms with van der Waals surface area (Å²) in [5.74, 6) is 1.57. The lowest BCUT2D eigenvalue weighted by molar-refractivity contribution is -0.132. The van der Waals surface area contributed by atoms with Crippen LogP contribution >= 0.6 is 0 Å². The van der Waals surface area contributed by atoms with Gasteiger partial charge in [0.15, 0.2) is 5.69 Å². The number of nitrogens with one attached hydrogen (secondary N) is 4. The van der Waals surface area contributed by atoms with Crippen molar-refractivity contribution in [3.63, 3.8) is 0 Å². The molecule has 36 heavy (non-hydrogen) atoms. The quantitative estimate of drug-likeness (QED) is 0.360. The molecule has 5 N–H and O–H groups in total. The molecule has 0 spiro atoms. The topological polar surface area (TPSA) is 132 Å². The molecule has 4 saturated carbocycles. The van der Waals surface area contributed by atoms with E-state index in [0.717, 1.165) is 37.7 Å². The second-order valence-electron chi connectivity index (χ2n) is 11.1. The maximum Gasteiger partial charge on any atom is 0.320 e. The number of aliphatic hydroxyl groups excluding tert-OH is 1. The van der Waals surface area contributed by atoms with Crippen LogP contribution in [-0.2, 0) is 0 Å². The molecule has 2 aromatic heterocycles. The van der Waals surface area contributed by atoms with Crippen molar-refractivity contribution >= 4 is 28.7 Å². The van der Waals surface area contributed by atoms with E-state index in [-0.39, 0.29) is 29.5 Å². The summed E-state index contributed by atoms with van der Waals surface area (Å²) in [6.45, 7) is 2.53. The van der Waals surface area contributed by atoms with Gasteiger partial charge >= 0.3 is 6.03 Å². The SMILES string of the molecule is C[C@@H](NC(=O)Nc1cc2[nH]nc(C(=O)NCC34CC5CC(C3)C(O)C(C5)C4)c2cn1)c1ccccc1. The Balaban J connectivity index is 1.09. The average Bonchev–Trinajstić information content (AvgIpc) is 3.29. The van der Waals surface area contributed by atoms with Crippen LogP contribution in [0.5, 0.6) is 0 Å². The highest BCUT2D eigenvalue weighted by molar-refractivity contribution is 6.05. The number of aromatic amines is 1. The smallest absolute Gasteiger partial charge is 0.320 e. The van der Waals surface area contributed by atoms with E-state index < -0.39 is 0 Å². The van der Waals surface area contributed by atoms with Crippen LogP contribution in [0.25, 0.3) is 10.9 Å². The van der Waals surface area contributed by atoms with E-state index >= 15 is 0 Å². The van der Waals surface area contributed by atoms with Crippen molar-refractivity contribution in [2.24, 2.45) is 23.2 Å². The fourth-order valence-corrected chi connectivity index (χ4v) is 7.06. The predicted molar refractivity (Wildman–Crippen MR) is 135 cm³/mol. The van der Waals surface area contributed by atoms with Gasteiger partial charge in [0.1, 0.15) is 5.82 Å². The van der Waals surface area contributed by atoms with Gasteiger partial charge in [-0.1, -0.05) is 30.3 Å². The van der Waals surface area contributed by atoms with Crippen LogP contribution in [0, 0.1) is 23.2 Å². The number of hydrogen-bond donors (Lipinski definition) is 5. The van der Waals surface area contributed by atoms with Gasteiger partial charge in [0.25, 0.3) is 5.91 Å². The van der Waals surface area contributed by atoms with E-state index in [1.165, 1.54) is 0 Å². The molecule has 3 aromatic rings. The van der Waals surface area contributed by atoms with Crippen molar-refractivity contribution < 1.29 is 14.7 Å². The summed E-state index contributed by atoms with van der Waals surface area (Å²) in [5.41, 5.74) is 2.03. The van der Waals surface area contributed by atoms with Gasteiger partial charge in [-0.25, -0.2) is 9.78 Å². The molecule has 9 nitrogen and oxygen atoms in total. The maximum absolute atomic E-state index is 13.0. The Hall–Kier alpha value is -3.46. The summed E-state index contributed by atoms with van der Waals surface area (Å²) in [4.78, 5) is 29.8. The lowest BCUT2D eigenvalue weighted by Crippen LogP contribution is -2.56. The number of aromatic nitrogens is 3. The Morgan fingerprint density at radius 2 is 1.92 bits per heavy atom. The van der Waals surface area contributed by atoms with Gasteiger partial charge in [0.05, 0.1) is 23.0 Å². The predicted octanol–water partition coefficient (Wildman–Crippen LogP) is 3.76. The number of benzene rings is 1. The molecule has 1 aromatic carbocycles. The number of fused-ring (bicyclic) bond motifs is 1. The molecule has 2 unspecified atom stereocenters. The first-order valence-corrected chi connectivity index (χ1v) is 12.8. The van der Waals surface area contributed by atoms with Crippen LogP contribution in [0.15, 0.2) is 42.6 Å². The molecule has 0 radical (unpaired) electrons. The summed E-state index contributed by atoms with van der Waals surface area (Å²) in [6, 6.07) is 10.9. The van der Waals surface area contributed by atoms with E-state index in [2.05, 4.69) is 31.1 Å². The van der Waals surface area contributed by atoms with Crippen LogP contribution in [0.2, 0.25) is 0 Å². The summed E-state index contributed by atoms with van der Waals surface area (Å²) >= 11 is 0. The van der Waals surface area contributed by atoms with E-state index in [1.807, 2.05) is 37.3 Å². The normalized spacial score (nSPS) is 29.2. The molecule has 3 atom stereocenters. The van der Waals surface area contributed by atoms with Crippen molar-refractivity contribution in [1.82, 2.24) is 25.8 Å². The largest absolute Gasteiger partial charge is 0.393 e. The van der Waals surface area contributed by atoms with Crippen molar-refractivity contribution in [3.05, 3.63) is 53.9 Å². The van der Waals surface area contributed by atoms with E-state index in [0.29, 0.717) is 46.7 Å².